The van der Waals surface area contributed by atoms with E-state index in [1.165, 1.54) is 54.7 Å². The van der Waals surface area contributed by atoms with Gasteiger partial charge in [-0.2, -0.15) is 4.98 Å². The molecular formula is C23H23Cl2N5O8P2. The van der Waals surface area contributed by atoms with Gasteiger partial charge in [-0.25, -0.2) is 19.1 Å². The summed E-state index contributed by atoms with van der Waals surface area (Å²) < 4.78 is 47.9. The number of benzene rings is 2. The quantitative estimate of drug-likeness (QED) is 0.183. The summed E-state index contributed by atoms with van der Waals surface area (Å²) in [6, 6.07) is 11.4. The highest BCUT2D eigenvalue weighted by Crippen LogP contribution is 2.52. The van der Waals surface area contributed by atoms with E-state index in [0.29, 0.717) is 27.6 Å². The summed E-state index contributed by atoms with van der Waals surface area (Å²) in [5, 5.41) is 0.865. The van der Waals surface area contributed by atoms with Crippen LogP contribution >= 0.6 is 38.8 Å². The number of phosphoric acid groups is 2. The van der Waals surface area contributed by atoms with Gasteiger partial charge in [0.15, 0.2) is 5.65 Å². The van der Waals surface area contributed by atoms with Crippen molar-refractivity contribution in [1.29, 1.82) is 0 Å². The molecule has 5 atom stereocenters. The number of anilines is 1. The van der Waals surface area contributed by atoms with Gasteiger partial charge in [0.25, 0.3) is 0 Å². The molecule has 0 aliphatic heterocycles. The molecule has 1 saturated carbocycles. The summed E-state index contributed by atoms with van der Waals surface area (Å²) in [7, 11) is -9.04. The standard InChI is InChI=1S/C23H23Cl2N5O8P2/c24-15-1-5-17(6-2-15)37-39(31,32)35-11-14-9-21(30-13-28-20-10-27-23(26)29-22(20)30)19(14)12-36-40(33,34)38-18-7-3-16(25)4-8-18/h1-8,10,13-14,19,21H,9,11-12H2,(H,31,32)(H,33,34)(H2,26,27,29)/t14-,19+,21-/m1/s1. The molecule has 2 unspecified atom stereocenters. The number of hydrogen-bond donors (Lipinski definition) is 3. The Morgan fingerprint density at radius 3 is 2.02 bits per heavy atom. The molecule has 4 N–H and O–H groups in total. The maximum Gasteiger partial charge on any atom is 0.527 e. The average Bonchev–Trinajstić information content (AvgIpc) is 3.28. The van der Waals surface area contributed by atoms with E-state index in [1.54, 1.807) is 10.9 Å². The van der Waals surface area contributed by atoms with Gasteiger partial charge in [0, 0.05) is 22.0 Å². The number of nitrogens with zero attached hydrogens (tertiary/aromatic N) is 4. The van der Waals surface area contributed by atoms with Gasteiger partial charge >= 0.3 is 15.6 Å². The molecule has 212 valence electrons. The Balaban J connectivity index is 1.30. The molecule has 2 aromatic carbocycles. The highest BCUT2D eigenvalue weighted by atomic mass is 35.5. The molecule has 17 heteroatoms. The second kappa shape index (κ2) is 11.6. The van der Waals surface area contributed by atoms with Gasteiger partial charge in [0.05, 0.1) is 25.7 Å². The molecule has 1 aliphatic rings. The number of rotatable bonds is 11. The van der Waals surface area contributed by atoms with Crippen LogP contribution < -0.4 is 14.8 Å². The van der Waals surface area contributed by atoms with Crippen LogP contribution in [0.1, 0.15) is 12.5 Å². The van der Waals surface area contributed by atoms with Crippen molar-refractivity contribution in [2.24, 2.45) is 11.8 Å². The molecule has 5 rings (SSSR count). The Labute approximate surface area is 238 Å². The van der Waals surface area contributed by atoms with E-state index in [2.05, 4.69) is 15.0 Å². The normalized spacial score (nSPS) is 21.8. The van der Waals surface area contributed by atoms with Crippen molar-refractivity contribution in [2.75, 3.05) is 18.9 Å². The molecule has 40 heavy (non-hydrogen) atoms. The lowest BCUT2D eigenvalue weighted by Gasteiger charge is -2.45. The van der Waals surface area contributed by atoms with Crippen molar-refractivity contribution < 1.29 is 37.0 Å². The number of imidazole rings is 1. The summed E-state index contributed by atoms with van der Waals surface area (Å²) in [6.07, 6.45) is 3.48. The fourth-order valence-corrected chi connectivity index (χ4v) is 6.17. The van der Waals surface area contributed by atoms with Crippen molar-refractivity contribution in [1.82, 2.24) is 19.5 Å². The Kier molecular flexibility index (Phi) is 8.37. The van der Waals surface area contributed by atoms with Gasteiger partial charge in [0.1, 0.15) is 17.0 Å². The number of nitrogens with two attached hydrogens (primary N) is 1. The third-order valence-corrected chi connectivity index (χ3v) is 8.62. The van der Waals surface area contributed by atoms with E-state index >= 15 is 0 Å². The third-order valence-electron chi connectivity index (χ3n) is 6.29. The number of phosphoric ester groups is 2. The van der Waals surface area contributed by atoms with Crippen LogP contribution in [0.15, 0.2) is 61.1 Å². The van der Waals surface area contributed by atoms with Crippen molar-refractivity contribution >= 4 is 56.0 Å². The second-order valence-corrected chi connectivity index (χ2v) is 12.6. The van der Waals surface area contributed by atoms with Gasteiger partial charge in [-0.15, -0.1) is 0 Å². The van der Waals surface area contributed by atoms with Crippen LogP contribution in [-0.4, -0.2) is 42.5 Å². The first-order chi connectivity index (χ1) is 19.0. The molecule has 2 heterocycles. The molecule has 0 amide bonds. The topological polar surface area (TPSA) is 181 Å². The van der Waals surface area contributed by atoms with Gasteiger partial charge in [-0.05, 0) is 60.9 Å². The first kappa shape index (κ1) is 28.8. The summed E-state index contributed by atoms with van der Waals surface area (Å²) in [6.45, 7) is -0.461. The molecule has 4 aromatic rings. The van der Waals surface area contributed by atoms with Crippen LogP contribution in [0.4, 0.5) is 5.95 Å². The molecule has 0 saturated heterocycles. The molecule has 1 aliphatic carbocycles. The van der Waals surface area contributed by atoms with Gasteiger partial charge in [-0.3, -0.25) is 18.8 Å². The molecule has 0 spiro atoms. The number of nitrogen functional groups attached to an aromatic ring is 1. The van der Waals surface area contributed by atoms with Gasteiger partial charge < -0.3 is 19.3 Å². The van der Waals surface area contributed by atoms with Crippen LogP contribution in [-0.2, 0) is 18.2 Å². The number of aromatic nitrogens is 4. The second-order valence-electron chi connectivity index (χ2n) is 8.93. The van der Waals surface area contributed by atoms with Crippen LogP contribution in [0.3, 0.4) is 0 Å². The highest BCUT2D eigenvalue weighted by Gasteiger charge is 2.45. The minimum atomic E-state index is -4.54. The smallest absolute Gasteiger partial charge is 0.404 e. The SMILES string of the molecule is Nc1ncc2ncn([C@@H]3C[C@H](COP(=O)(O)Oc4ccc(Cl)cc4)[C@@H]3COP(=O)(O)Oc3ccc(Cl)cc3)c2n1. The molecule has 0 bridgehead atoms. The van der Waals surface area contributed by atoms with Crippen molar-refractivity contribution in [3.05, 3.63) is 71.1 Å². The summed E-state index contributed by atoms with van der Waals surface area (Å²) in [5.74, 6) is -0.596. The van der Waals surface area contributed by atoms with E-state index in [-0.39, 0.29) is 42.6 Å². The van der Waals surface area contributed by atoms with Crippen LogP contribution in [0.5, 0.6) is 11.5 Å². The van der Waals surface area contributed by atoms with Crippen molar-refractivity contribution in [2.45, 2.75) is 12.5 Å². The van der Waals surface area contributed by atoms with E-state index in [0.717, 1.165) is 0 Å². The van der Waals surface area contributed by atoms with Gasteiger partial charge in [0.2, 0.25) is 5.95 Å². The number of fused-ring (bicyclic) bond motifs is 1. The maximum atomic E-state index is 12.7. The fraction of sp³-hybridized carbons (Fsp3) is 0.261. The first-order valence-corrected chi connectivity index (χ1v) is 15.5. The third kappa shape index (κ3) is 6.94. The Morgan fingerprint density at radius 2 is 1.45 bits per heavy atom. The average molecular weight is 630 g/mol. The van der Waals surface area contributed by atoms with Crippen molar-refractivity contribution in [3.8, 4) is 11.5 Å². The van der Waals surface area contributed by atoms with Crippen LogP contribution in [0, 0.1) is 11.8 Å². The Hall–Kier alpha value is -2.73. The van der Waals surface area contributed by atoms with Crippen LogP contribution in [0.2, 0.25) is 10.0 Å². The molecule has 0 radical (unpaired) electrons. The zero-order valence-corrected chi connectivity index (χ0v) is 23.8. The lowest BCUT2D eigenvalue weighted by Crippen LogP contribution is -2.43. The van der Waals surface area contributed by atoms with E-state index in [1.807, 2.05) is 0 Å². The molecule has 1 fully saturated rings. The maximum absolute atomic E-state index is 12.7. The summed E-state index contributed by atoms with van der Waals surface area (Å²) >= 11 is 11.7. The predicted octanol–water partition coefficient (Wildman–Crippen LogP) is 5.28. The molecular weight excluding hydrogens is 607 g/mol. The van der Waals surface area contributed by atoms with Crippen molar-refractivity contribution in [3.63, 3.8) is 0 Å². The summed E-state index contributed by atoms with van der Waals surface area (Å²) in [4.78, 5) is 33.1. The molecule has 2 aromatic heterocycles. The number of halogens is 2. The molecule has 13 nitrogen and oxygen atoms in total. The minimum Gasteiger partial charge on any atom is -0.404 e. The van der Waals surface area contributed by atoms with E-state index < -0.39 is 21.6 Å². The predicted molar refractivity (Wildman–Crippen MR) is 146 cm³/mol. The minimum absolute atomic E-state index is 0.0537. The zero-order valence-electron chi connectivity index (χ0n) is 20.5. The Bertz CT molecular complexity index is 1590. The van der Waals surface area contributed by atoms with E-state index in [9.17, 15) is 18.9 Å². The van der Waals surface area contributed by atoms with Crippen LogP contribution in [0.25, 0.3) is 11.2 Å². The fourth-order valence-electron chi connectivity index (χ4n) is 4.30. The monoisotopic (exact) mass is 629 g/mol. The van der Waals surface area contributed by atoms with E-state index in [4.69, 9.17) is 47.0 Å². The number of hydrogen-bond acceptors (Lipinski definition) is 10. The first-order valence-electron chi connectivity index (χ1n) is 11.8. The highest BCUT2D eigenvalue weighted by molar-refractivity contribution is 7.48. The summed E-state index contributed by atoms with van der Waals surface area (Å²) in [5.41, 5.74) is 6.72. The zero-order chi connectivity index (χ0) is 28.5. The largest absolute Gasteiger partial charge is 0.527 e. The lowest BCUT2D eigenvalue weighted by molar-refractivity contribution is -0.00444. The lowest BCUT2D eigenvalue weighted by atomic mass is 9.70. The van der Waals surface area contributed by atoms with Gasteiger partial charge in [-0.1, -0.05) is 23.2 Å². The Morgan fingerprint density at radius 1 is 0.900 bits per heavy atom.